The number of rotatable bonds is 7. The van der Waals surface area contributed by atoms with Crippen LogP contribution in [0.4, 0.5) is 5.69 Å². The molecule has 0 bridgehead atoms. The average molecular weight is 289 g/mol. The second-order valence-corrected chi connectivity index (χ2v) is 4.51. The molecule has 0 amide bonds. The highest BCUT2D eigenvalue weighted by molar-refractivity contribution is 5.70. The lowest BCUT2D eigenvalue weighted by Gasteiger charge is -2.16. The molecule has 1 unspecified atom stereocenters. The van der Waals surface area contributed by atoms with Gasteiger partial charge in [-0.15, -0.1) is 0 Å². The van der Waals surface area contributed by atoms with E-state index in [1.807, 2.05) is 24.3 Å². The van der Waals surface area contributed by atoms with Gasteiger partial charge in [0.2, 0.25) is 0 Å². The molecule has 5 nitrogen and oxygen atoms in total. The Labute approximate surface area is 123 Å². The van der Waals surface area contributed by atoms with Gasteiger partial charge in [-0.1, -0.05) is 6.92 Å². The fourth-order valence-corrected chi connectivity index (χ4v) is 1.91. The Bertz CT molecular complexity index is 548. The maximum Gasteiger partial charge on any atom is 0.343 e. The van der Waals surface area contributed by atoms with Crippen molar-refractivity contribution in [2.75, 3.05) is 19.0 Å². The van der Waals surface area contributed by atoms with E-state index >= 15 is 0 Å². The molecule has 1 heterocycles. The molecule has 0 saturated heterocycles. The van der Waals surface area contributed by atoms with E-state index in [1.165, 1.54) is 7.11 Å². The first-order valence-corrected chi connectivity index (χ1v) is 6.82. The van der Waals surface area contributed by atoms with E-state index in [-0.39, 0.29) is 12.6 Å². The van der Waals surface area contributed by atoms with Gasteiger partial charge in [0.15, 0.2) is 6.61 Å². The number of carbonyl (C=O) groups excluding carboxylic acids is 1. The number of methoxy groups -OCH3 is 1. The van der Waals surface area contributed by atoms with Crippen LogP contribution in [0, 0.1) is 0 Å². The van der Waals surface area contributed by atoms with Gasteiger partial charge in [0.25, 0.3) is 0 Å². The molecule has 0 saturated carbocycles. The van der Waals surface area contributed by atoms with E-state index in [1.54, 1.807) is 18.4 Å². The summed E-state index contributed by atoms with van der Waals surface area (Å²) in [6, 6.07) is 11.4. The van der Waals surface area contributed by atoms with E-state index in [2.05, 4.69) is 17.0 Å². The maximum atomic E-state index is 11.0. The maximum absolute atomic E-state index is 11.0. The molecular formula is C16H19NO4. The van der Waals surface area contributed by atoms with Crippen molar-refractivity contribution in [1.82, 2.24) is 0 Å². The quantitative estimate of drug-likeness (QED) is 0.792. The molecule has 112 valence electrons. The number of esters is 1. The zero-order valence-electron chi connectivity index (χ0n) is 12.2. The van der Waals surface area contributed by atoms with E-state index in [9.17, 15) is 4.79 Å². The Morgan fingerprint density at radius 1 is 1.29 bits per heavy atom. The predicted octanol–water partition coefficient (Wildman–Crippen LogP) is 3.39. The molecule has 2 rings (SSSR count). The average Bonchev–Trinajstić information content (AvgIpc) is 3.05. The molecule has 1 atom stereocenters. The second-order valence-electron chi connectivity index (χ2n) is 4.51. The SMILES string of the molecule is CCC(Nc1ccc(OCC(=O)OC)cc1)c1ccco1. The number of hydrogen-bond donors (Lipinski definition) is 1. The molecule has 0 aliphatic rings. The molecule has 1 N–H and O–H groups in total. The molecule has 1 aromatic carbocycles. The number of ether oxygens (including phenoxy) is 2. The van der Waals surface area contributed by atoms with Crippen LogP contribution in [-0.4, -0.2) is 19.7 Å². The van der Waals surface area contributed by atoms with Crippen molar-refractivity contribution in [2.24, 2.45) is 0 Å². The number of furan rings is 1. The summed E-state index contributed by atoms with van der Waals surface area (Å²) in [5.41, 5.74) is 0.962. The normalized spacial score (nSPS) is 11.7. The van der Waals surface area contributed by atoms with Crippen LogP contribution in [0.2, 0.25) is 0 Å². The summed E-state index contributed by atoms with van der Waals surface area (Å²) >= 11 is 0. The van der Waals surface area contributed by atoms with E-state index in [0.717, 1.165) is 17.9 Å². The standard InChI is InChI=1S/C16H19NO4/c1-3-14(15-5-4-10-20-15)17-12-6-8-13(9-7-12)21-11-16(18)19-2/h4-10,14,17H,3,11H2,1-2H3. The van der Waals surface area contributed by atoms with Gasteiger partial charge < -0.3 is 19.2 Å². The topological polar surface area (TPSA) is 60.7 Å². The van der Waals surface area contributed by atoms with Gasteiger partial charge in [0, 0.05) is 5.69 Å². The summed E-state index contributed by atoms with van der Waals surface area (Å²) < 4.78 is 15.2. The van der Waals surface area contributed by atoms with Crippen molar-refractivity contribution in [2.45, 2.75) is 19.4 Å². The highest BCUT2D eigenvalue weighted by atomic mass is 16.6. The first kappa shape index (κ1) is 15.0. The molecule has 0 fully saturated rings. The third-order valence-corrected chi connectivity index (χ3v) is 3.07. The van der Waals surface area contributed by atoms with Crippen molar-refractivity contribution in [3.63, 3.8) is 0 Å². The summed E-state index contributed by atoms with van der Waals surface area (Å²) in [6.07, 6.45) is 2.58. The molecule has 21 heavy (non-hydrogen) atoms. The van der Waals surface area contributed by atoms with Crippen molar-refractivity contribution in [3.05, 3.63) is 48.4 Å². The van der Waals surface area contributed by atoms with E-state index in [4.69, 9.17) is 9.15 Å². The molecule has 0 aliphatic carbocycles. The third-order valence-electron chi connectivity index (χ3n) is 3.07. The Morgan fingerprint density at radius 2 is 2.05 bits per heavy atom. The number of anilines is 1. The fraction of sp³-hybridized carbons (Fsp3) is 0.312. The minimum Gasteiger partial charge on any atom is -0.482 e. The van der Waals surface area contributed by atoms with Gasteiger partial charge in [-0.25, -0.2) is 4.79 Å². The number of benzene rings is 1. The monoisotopic (exact) mass is 289 g/mol. The lowest BCUT2D eigenvalue weighted by Crippen LogP contribution is -2.12. The zero-order valence-corrected chi connectivity index (χ0v) is 12.2. The van der Waals surface area contributed by atoms with Gasteiger partial charge in [-0.2, -0.15) is 0 Å². The summed E-state index contributed by atoms with van der Waals surface area (Å²) in [7, 11) is 1.33. The van der Waals surface area contributed by atoms with Crippen LogP contribution in [0.5, 0.6) is 5.75 Å². The summed E-state index contributed by atoms with van der Waals surface area (Å²) in [4.78, 5) is 11.0. The first-order chi connectivity index (χ1) is 10.2. The van der Waals surface area contributed by atoms with Crippen molar-refractivity contribution in [1.29, 1.82) is 0 Å². The summed E-state index contributed by atoms with van der Waals surface area (Å²) in [5.74, 6) is 1.13. The lowest BCUT2D eigenvalue weighted by molar-refractivity contribution is -0.142. The van der Waals surface area contributed by atoms with Gasteiger partial charge in [-0.3, -0.25) is 0 Å². The van der Waals surface area contributed by atoms with Crippen LogP contribution in [0.15, 0.2) is 47.1 Å². The Morgan fingerprint density at radius 3 is 2.62 bits per heavy atom. The largest absolute Gasteiger partial charge is 0.482 e. The molecule has 0 radical (unpaired) electrons. The number of nitrogens with one attached hydrogen (secondary N) is 1. The minimum absolute atomic E-state index is 0.0900. The van der Waals surface area contributed by atoms with Crippen LogP contribution >= 0.6 is 0 Å². The van der Waals surface area contributed by atoms with Crippen LogP contribution in [-0.2, 0) is 9.53 Å². The van der Waals surface area contributed by atoms with Crippen LogP contribution < -0.4 is 10.1 Å². The summed E-state index contributed by atoms with van der Waals surface area (Å²) in [5, 5.41) is 3.39. The highest BCUT2D eigenvalue weighted by Crippen LogP contribution is 2.24. The van der Waals surface area contributed by atoms with Crippen LogP contribution in [0.25, 0.3) is 0 Å². The van der Waals surface area contributed by atoms with Crippen LogP contribution in [0.1, 0.15) is 25.1 Å². The van der Waals surface area contributed by atoms with Crippen molar-refractivity contribution in [3.8, 4) is 5.75 Å². The molecule has 0 spiro atoms. The molecule has 0 aliphatic heterocycles. The Kier molecular flexibility index (Phi) is 5.26. The number of carbonyl (C=O) groups is 1. The smallest absolute Gasteiger partial charge is 0.343 e. The third kappa shape index (κ3) is 4.27. The van der Waals surface area contributed by atoms with Gasteiger partial charge in [0.05, 0.1) is 19.4 Å². The predicted molar refractivity (Wildman–Crippen MR) is 79.3 cm³/mol. The zero-order chi connectivity index (χ0) is 15.1. The number of hydrogen-bond acceptors (Lipinski definition) is 5. The van der Waals surface area contributed by atoms with Gasteiger partial charge >= 0.3 is 5.97 Å². The summed E-state index contributed by atoms with van der Waals surface area (Å²) in [6.45, 7) is 2.00. The molecule has 2 aromatic rings. The van der Waals surface area contributed by atoms with Crippen molar-refractivity contribution < 1.29 is 18.7 Å². The highest BCUT2D eigenvalue weighted by Gasteiger charge is 2.11. The van der Waals surface area contributed by atoms with Gasteiger partial charge in [-0.05, 0) is 42.8 Å². The Hall–Kier alpha value is -2.43. The first-order valence-electron chi connectivity index (χ1n) is 6.82. The van der Waals surface area contributed by atoms with E-state index in [0.29, 0.717) is 5.75 Å². The van der Waals surface area contributed by atoms with Crippen LogP contribution in [0.3, 0.4) is 0 Å². The minimum atomic E-state index is -0.402. The molecule has 5 heteroatoms. The van der Waals surface area contributed by atoms with E-state index < -0.39 is 5.97 Å². The van der Waals surface area contributed by atoms with Gasteiger partial charge in [0.1, 0.15) is 11.5 Å². The Balaban J connectivity index is 1.94. The second kappa shape index (κ2) is 7.38. The lowest BCUT2D eigenvalue weighted by atomic mass is 10.1. The van der Waals surface area contributed by atoms with Crippen molar-refractivity contribution >= 4 is 11.7 Å². The molecular weight excluding hydrogens is 270 g/mol. The fourth-order valence-electron chi connectivity index (χ4n) is 1.91. The molecule has 1 aromatic heterocycles.